The van der Waals surface area contributed by atoms with Gasteiger partial charge in [-0.3, -0.25) is 4.79 Å². The van der Waals surface area contributed by atoms with Gasteiger partial charge in [0.1, 0.15) is 0 Å². The first-order valence-corrected chi connectivity index (χ1v) is 7.42. The lowest BCUT2D eigenvalue weighted by molar-refractivity contribution is -0.133. The summed E-state index contributed by atoms with van der Waals surface area (Å²) in [5, 5.41) is 0. The maximum absolute atomic E-state index is 12.3. The van der Waals surface area contributed by atoms with Crippen molar-refractivity contribution in [1.29, 1.82) is 0 Å². The molecule has 1 aliphatic heterocycles. The Labute approximate surface area is 121 Å². The third-order valence-electron chi connectivity index (χ3n) is 4.21. The fourth-order valence-corrected chi connectivity index (χ4v) is 2.49. The highest BCUT2D eigenvalue weighted by Crippen LogP contribution is 2.22. The molecule has 2 rings (SSSR count). The van der Waals surface area contributed by atoms with Crippen LogP contribution < -0.4 is 5.73 Å². The maximum atomic E-state index is 12.3. The summed E-state index contributed by atoms with van der Waals surface area (Å²) >= 11 is 0. The maximum Gasteiger partial charge on any atom is 0.240 e. The first-order chi connectivity index (χ1) is 9.63. The fraction of sp³-hybridized carbons (Fsp3) is 0.471. The Balaban J connectivity index is 2.00. The van der Waals surface area contributed by atoms with Crippen molar-refractivity contribution >= 4 is 11.5 Å². The summed E-state index contributed by atoms with van der Waals surface area (Å²) in [5.74, 6) is 0.324. The van der Waals surface area contributed by atoms with Crippen LogP contribution in [-0.2, 0) is 4.79 Å². The lowest BCUT2D eigenvalue weighted by Gasteiger charge is -2.30. The van der Waals surface area contributed by atoms with Crippen LogP contribution in [0.5, 0.6) is 0 Å². The molecule has 0 saturated heterocycles. The normalized spacial score (nSPS) is 18.4. The Morgan fingerprint density at radius 2 is 2.05 bits per heavy atom. The molecule has 1 aliphatic rings. The Morgan fingerprint density at radius 1 is 1.35 bits per heavy atom. The van der Waals surface area contributed by atoms with Crippen LogP contribution in [-0.4, -0.2) is 29.9 Å². The zero-order chi connectivity index (χ0) is 14.5. The number of nitrogens with zero attached hydrogens (tertiary/aromatic N) is 1. The topological polar surface area (TPSA) is 46.3 Å². The van der Waals surface area contributed by atoms with E-state index in [1.807, 2.05) is 30.0 Å². The van der Waals surface area contributed by atoms with Gasteiger partial charge in [-0.15, -0.1) is 0 Å². The van der Waals surface area contributed by atoms with Gasteiger partial charge in [-0.2, -0.15) is 0 Å². The quantitative estimate of drug-likeness (QED) is 0.916. The van der Waals surface area contributed by atoms with E-state index in [2.05, 4.69) is 25.1 Å². The molecule has 0 aromatic heterocycles. The second-order valence-electron chi connectivity index (χ2n) is 5.54. The smallest absolute Gasteiger partial charge is 0.240 e. The molecule has 2 atom stereocenters. The SMILES string of the molecule is CCC(C)C(N)C(=O)N1CC=C(c2ccccc2)CC1. The van der Waals surface area contributed by atoms with Gasteiger partial charge >= 0.3 is 0 Å². The number of rotatable bonds is 4. The molecule has 2 N–H and O–H groups in total. The van der Waals surface area contributed by atoms with Crippen LogP contribution in [0, 0.1) is 5.92 Å². The average Bonchev–Trinajstić information content (AvgIpc) is 2.53. The Kier molecular flexibility index (Phi) is 4.96. The Morgan fingerprint density at radius 3 is 2.60 bits per heavy atom. The van der Waals surface area contributed by atoms with E-state index < -0.39 is 0 Å². The summed E-state index contributed by atoms with van der Waals surface area (Å²) in [4.78, 5) is 14.2. The predicted octanol–water partition coefficient (Wildman–Crippen LogP) is 2.68. The molecule has 3 nitrogen and oxygen atoms in total. The predicted molar refractivity (Wildman–Crippen MR) is 83.0 cm³/mol. The first-order valence-electron chi connectivity index (χ1n) is 7.42. The standard InChI is InChI=1S/C17H24N2O/c1-3-13(2)16(18)17(20)19-11-9-15(10-12-19)14-7-5-4-6-8-14/h4-9,13,16H,3,10-12,18H2,1-2H3. The monoisotopic (exact) mass is 272 g/mol. The van der Waals surface area contributed by atoms with Crippen molar-refractivity contribution in [2.24, 2.45) is 11.7 Å². The van der Waals surface area contributed by atoms with Crippen molar-refractivity contribution in [3.8, 4) is 0 Å². The van der Waals surface area contributed by atoms with E-state index in [1.54, 1.807) is 0 Å². The second-order valence-corrected chi connectivity index (χ2v) is 5.54. The van der Waals surface area contributed by atoms with Crippen LogP contribution in [0.15, 0.2) is 36.4 Å². The van der Waals surface area contributed by atoms with Crippen LogP contribution in [0.1, 0.15) is 32.3 Å². The van der Waals surface area contributed by atoms with Crippen LogP contribution >= 0.6 is 0 Å². The van der Waals surface area contributed by atoms with Crippen LogP contribution in [0.25, 0.3) is 5.57 Å². The van der Waals surface area contributed by atoms with Crippen molar-refractivity contribution in [2.75, 3.05) is 13.1 Å². The number of benzene rings is 1. The van der Waals surface area contributed by atoms with Gasteiger partial charge in [-0.1, -0.05) is 56.7 Å². The Hall–Kier alpha value is -1.61. The van der Waals surface area contributed by atoms with E-state index in [0.29, 0.717) is 6.54 Å². The highest BCUT2D eigenvalue weighted by Gasteiger charge is 2.26. The molecule has 0 bridgehead atoms. The summed E-state index contributed by atoms with van der Waals surface area (Å²) in [6, 6.07) is 9.99. The van der Waals surface area contributed by atoms with Gasteiger partial charge in [-0.25, -0.2) is 0 Å². The van der Waals surface area contributed by atoms with Crippen LogP contribution in [0.2, 0.25) is 0 Å². The molecule has 0 fully saturated rings. The van der Waals surface area contributed by atoms with E-state index in [9.17, 15) is 4.79 Å². The fourth-order valence-electron chi connectivity index (χ4n) is 2.49. The summed E-state index contributed by atoms with van der Waals surface area (Å²) in [7, 11) is 0. The molecule has 20 heavy (non-hydrogen) atoms. The van der Waals surface area contributed by atoms with Gasteiger partial charge in [-0.05, 0) is 23.5 Å². The van der Waals surface area contributed by atoms with E-state index in [0.717, 1.165) is 19.4 Å². The first kappa shape index (κ1) is 14.8. The molecule has 2 unspecified atom stereocenters. The molecule has 108 valence electrons. The lowest BCUT2D eigenvalue weighted by atomic mass is 9.96. The molecule has 1 aromatic rings. The summed E-state index contributed by atoms with van der Waals surface area (Å²) < 4.78 is 0. The summed E-state index contributed by atoms with van der Waals surface area (Å²) in [6.45, 7) is 5.55. The third-order valence-corrected chi connectivity index (χ3v) is 4.21. The molecule has 1 aromatic carbocycles. The number of carbonyl (C=O) groups is 1. The third kappa shape index (κ3) is 3.28. The summed E-state index contributed by atoms with van der Waals surface area (Å²) in [6.07, 6.45) is 3.99. The average molecular weight is 272 g/mol. The van der Waals surface area contributed by atoms with Crippen LogP contribution in [0.4, 0.5) is 0 Å². The summed E-state index contributed by atoms with van der Waals surface area (Å²) in [5.41, 5.74) is 8.62. The molecule has 0 spiro atoms. The minimum atomic E-state index is -0.369. The molecule has 0 saturated carbocycles. The van der Waals surface area contributed by atoms with Crippen molar-refractivity contribution in [2.45, 2.75) is 32.7 Å². The molecular weight excluding hydrogens is 248 g/mol. The molecule has 0 aliphatic carbocycles. The van der Waals surface area contributed by atoms with Gasteiger partial charge in [0.15, 0.2) is 0 Å². The second kappa shape index (κ2) is 6.71. The van der Waals surface area contributed by atoms with E-state index in [4.69, 9.17) is 5.73 Å². The zero-order valence-electron chi connectivity index (χ0n) is 12.4. The van der Waals surface area contributed by atoms with Gasteiger partial charge in [0, 0.05) is 13.1 Å². The van der Waals surface area contributed by atoms with Crippen molar-refractivity contribution in [3.63, 3.8) is 0 Å². The highest BCUT2D eigenvalue weighted by atomic mass is 16.2. The minimum absolute atomic E-state index is 0.0858. The van der Waals surface area contributed by atoms with Gasteiger partial charge < -0.3 is 10.6 Å². The Bertz CT molecular complexity index is 481. The van der Waals surface area contributed by atoms with Crippen molar-refractivity contribution in [1.82, 2.24) is 4.90 Å². The van der Waals surface area contributed by atoms with E-state index >= 15 is 0 Å². The van der Waals surface area contributed by atoms with Gasteiger partial charge in [0.05, 0.1) is 6.04 Å². The van der Waals surface area contributed by atoms with Crippen molar-refractivity contribution in [3.05, 3.63) is 42.0 Å². The highest BCUT2D eigenvalue weighted by molar-refractivity contribution is 5.83. The molecule has 1 heterocycles. The molecule has 0 radical (unpaired) electrons. The number of hydrogen-bond acceptors (Lipinski definition) is 2. The number of nitrogens with two attached hydrogens (primary N) is 1. The molecule has 1 amide bonds. The number of carbonyl (C=O) groups excluding carboxylic acids is 1. The van der Waals surface area contributed by atoms with E-state index in [1.165, 1.54) is 11.1 Å². The van der Waals surface area contributed by atoms with E-state index in [-0.39, 0.29) is 17.9 Å². The number of hydrogen-bond donors (Lipinski definition) is 1. The largest absolute Gasteiger partial charge is 0.337 e. The van der Waals surface area contributed by atoms with Gasteiger partial charge in [0.2, 0.25) is 5.91 Å². The molecule has 3 heteroatoms. The van der Waals surface area contributed by atoms with Crippen LogP contribution in [0.3, 0.4) is 0 Å². The molecular formula is C17H24N2O. The van der Waals surface area contributed by atoms with Gasteiger partial charge in [0.25, 0.3) is 0 Å². The minimum Gasteiger partial charge on any atom is -0.337 e. The van der Waals surface area contributed by atoms with Crippen molar-refractivity contribution < 1.29 is 4.79 Å². The number of amides is 1. The zero-order valence-corrected chi connectivity index (χ0v) is 12.4. The lowest BCUT2D eigenvalue weighted by Crippen LogP contribution is -2.48.